The Bertz CT molecular complexity index is 1740. The van der Waals surface area contributed by atoms with Gasteiger partial charge in [0.2, 0.25) is 5.91 Å². The van der Waals surface area contributed by atoms with Gasteiger partial charge in [0.05, 0.1) is 47.3 Å². The van der Waals surface area contributed by atoms with Crippen LogP contribution in [0.25, 0.3) is 55.4 Å². The van der Waals surface area contributed by atoms with Crippen LogP contribution >= 0.6 is 0 Å². The molecule has 0 saturated heterocycles. The lowest BCUT2D eigenvalue weighted by molar-refractivity contribution is -0.119. The van der Waals surface area contributed by atoms with Crippen molar-refractivity contribution in [3.05, 3.63) is 73.7 Å². The van der Waals surface area contributed by atoms with Gasteiger partial charge in [0.25, 0.3) is 0 Å². The Hall–Kier alpha value is -4.72. The molecule has 5 heterocycles. The van der Waals surface area contributed by atoms with Crippen LogP contribution in [0, 0.1) is 5.92 Å². The molecule has 5 aromatic heterocycles. The minimum Gasteiger partial charge on any atom is -0.472 e. The van der Waals surface area contributed by atoms with E-state index in [4.69, 9.17) is 4.42 Å². The highest BCUT2D eigenvalue weighted by molar-refractivity contribution is 6.01. The van der Waals surface area contributed by atoms with Crippen molar-refractivity contribution in [1.82, 2.24) is 25.1 Å². The fourth-order valence-corrected chi connectivity index (χ4v) is 5.32. The van der Waals surface area contributed by atoms with Gasteiger partial charge in [0.15, 0.2) is 0 Å². The molecule has 0 spiro atoms. The molecular formula is C29H24N6O2. The van der Waals surface area contributed by atoms with Crippen molar-refractivity contribution in [1.29, 1.82) is 0 Å². The number of H-pyrrole nitrogens is 2. The molecule has 1 aliphatic carbocycles. The summed E-state index contributed by atoms with van der Waals surface area (Å²) in [5.74, 6) is 0.196. The van der Waals surface area contributed by atoms with E-state index in [-0.39, 0.29) is 11.8 Å². The van der Waals surface area contributed by atoms with Crippen LogP contribution < -0.4 is 5.32 Å². The molecule has 1 aliphatic rings. The molecule has 8 heteroatoms. The zero-order chi connectivity index (χ0) is 24.8. The van der Waals surface area contributed by atoms with Gasteiger partial charge < -0.3 is 14.7 Å². The van der Waals surface area contributed by atoms with Gasteiger partial charge in [-0.1, -0.05) is 18.9 Å². The van der Waals surface area contributed by atoms with Crippen molar-refractivity contribution in [3.63, 3.8) is 0 Å². The first-order valence-corrected chi connectivity index (χ1v) is 12.5. The monoisotopic (exact) mass is 488 g/mol. The highest BCUT2D eigenvalue weighted by atomic mass is 16.3. The van der Waals surface area contributed by atoms with E-state index in [1.54, 1.807) is 18.7 Å². The number of nitrogens with one attached hydrogen (secondary N) is 3. The van der Waals surface area contributed by atoms with Crippen molar-refractivity contribution >= 4 is 33.4 Å². The number of pyridine rings is 2. The Labute approximate surface area is 212 Å². The van der Waals surface area contributed by atoms with Crippen LogP contribution in [0.4, 0.5) is 5.69 Å². The van der Waals surface area contributed by atoms with Crippen LogP contribution in [0.15, 0.2) is 78.1 Å². The number of amides is 1. The van der Waals surface area contributed by atoms with Gasteiger partial charge >= 0.3 is 0 Å². The van der Waals surface area contributed by atoms with Crippen molar-refractivity contribution in [2.75, 3.05) is 5.32 Å². The molecule has 8 nitrogen and oxygen atoms in total. The van der Waals surface area contributed by atoms with Gasteiger partial charge in [0.1, 0.15) is 5.69 Å². The fourth-order valence-electron chi connectivity index (χ4n) is 5.32. The van der Waals surface area contributed by atoms with Crippen LogP contribution in [-0.4, -0.2) is 31.1 Å². The molecule has 0 unspecified atom stereocenters. The first-order valence-electron chi connectivity index (χ1n) is 12.5. The van der Waals surface area contributed by atoms with Crippen molar-refractivity contribution in [2.24, 2.45) is 5.92 Å². The van der Waals surface area contributed by atoms with E-state index in [1.807, 2.05) is 42.9 Å². The molecule has 1 aromatic carbocycles. The third-order valence-corrected chi connectivity index (χ3v) is 7.26. The summed E-state index contributed by atoms with van der Waals surface area (Å²) in [5, 5.41) is 12.9. The maximum absolute atomic E-state index is 12.6. The van der Waals surface area contributed by atoms with E-state index in [9.17, 15) is 4.79 Å². The Morgan fingerprint density at radius 2 is 1.78 bits per heavy atom. The molecule has 0 aliphatic heterocycles. The second-order valence-electron chi connectivity index (χ2n) is 9.61. The minimum atomic E-state index is 0.0899. The molecule has 6 aromatic rings. The molecule has 7 rings (SSSR count). The van der Waals surface area contributed by atoms with Gasteiger partial charge in [0, 0.05) is 45.8 Å². The number of carbonyl (C=O) groups excluding carboxylic acids is 1. The number of carbonyl (C=O) groups is 1. The van der Waals surface area contributed by atoms with Gasteiger partial charge in [-0.15, -0.1) is 0 Å². The fraction of sp³-hybridized carbons (Fsp3) is 0.172. The summed E-state index contributed by atoms with van der Waals surface area (Å²) in [5.41, 5.74) is 8.20. The number of hydrogen-bond acceptors (Lipinski definition) is 5. The summed E-state index contributed by atoms with van der Waals surface area (Å²) in [6.45, 7) is 0. The molecule has 3 N–H and O–H groups in total. The molecule has 1 fully saturated rings. The van der Waals surface area contributed by atoms with Crippen LogP contribution in [0.2, 0.25) is 0 Å². The zero-order valence-electron chi connectivity index (χ0n) is 20.0. The Morgan fingerprint density at radius 3 is 2.65 bits per heavy atom. The number of rotatable bonds is 5. The number of nitrogens with zero attached hydrogens (tertiary/aromatic N) is 3. The number of aromatic nitrogens is 5. The van der Waals surface area contributed by atoms with Crippen molar-refractivity contribution in [2.45, 2.75) is 25.7 Å². The molecule has 1 saturated carbocycles. The number of hydrogen-bond donors (Lipinski definition) is 3. The van der Waals surface area contributed by atoms with Crippen LogP contribution in [0.5, 0.6) is 0 Å². The molecule has 0 atom stereocenters. The van der Waals surface area contributed by atoms with E-state index in [0.29, 0.717) is 0 Å². The normalized spacial score (nSPS) is 14.1. The van der Waals surface area contributed by atoms with Crippen molar-refractivity contribution in [3.8, 4) is 33.6 Å². The van der Waals surface area contributed by atoms with Gasteiger partial charge in [-0.2, -0.15) is 5.10 Å². The average molecular weight is 489 g/mol. The number of benzene rings is 1. The predicted octanol–water partition coefficient (Wildman–Crippen LogP) is 6.56. The number of anilines is 1. The van der Waals surface area contributed by atoms with E-state index >= 15 is 0 Å². The maximum atomic E-state index is 12.6. The lowest BCUT2D eigenvalue weighted by atomic mass is 10.0. The second-order valence-corrected chi connectivity index (χ2v) is 9.61. The molecular weight excluding hydrogens is 464 g/mol. The van der Waals surface area contributed by atoms with Crippen LogP contribution in [0.3, 0.4) is 0 Å². The van der Waals surface area contributed by atoms with E-state index in [2.05, 4.69) is 42.6 Å². The largest absolute Gasteiger partial charge is 0.472 e. The summed E-state index contributed by atoms with van der Waals surface area (Å²) < 4.78 is 5.28. The zero-order valence-corrected chi connectivity index (χ0v) is 20.0. The topological polar surface area (TPSA) is 112 Å². The van der Waals surface area contributed by atoms with Crippen LogP contribution in [0.1, 0.15) is 25.7 Å². The SMILES string of the molecule is O=C(Nc1cncc(-c2ccc3[nH]nc(-c4cc5c(-c6ccoc6)cncc5[nH]4)c3c2)c1)C1CCCC1. The standard InChI is InChI=1S/C29H24N6O2/c36-29(17-3-1-2-4-17)32-21-9-20(12-30-13-21)18-5-6-25-23(10-18)28(35-34-25)26-11-22-24(19-7-8-37-16-19)14-31-15-27(22)33-26/h5-17,33H,1-4H2,(H,32,36)(H,34,35). The highest BCUT2D eigenvalue weighted by Crippen LogP contribution is 2.35. The predicted molar refractivity (Wildman–Crippen MR) is 143 cm³/mol. The Morgan fingerprint density at radius 1 is 0.892 bits per heavy atom. The van der Waals surface area contributed by atoms with Gasteiger partial charge in [-0.05, 0) is 48.7 Å². The molecule has 37 heavy (non-hydrogen) atoms. The van der Waals surface area contributed by atoms with E-state index in [1.165, 1.54) is 0 Å². The summed E-state index contributed by atoms with van der Waals surface area (Å²) in [6, 6.07) is 12.2. The molecule has 0 radical (unpaired) electrons. The lowest BCUT2D eigenvalue weighted by Gasteiger charge is -2.11. The van der Waals surface area contributed by atoms with Crippen molar-refractivity contribution < 1.29 is 9.21 Å². The summed E-state index contributed by atoms with van der Waals surface area (Å²) in [6.07, 6.45) is 14.7. The average Bonchev–Trinajstić information content (AvgIpc) is 3.74. The molecule has 1 amide bonds. The Kier molecular flexibility index (Phi) is 5.09. The second kappa shape index (κ2) is 8.74. The first kappa shape index (κ1) is 21.6. The maximum Gasteiger partial charge on any atom is 0.227 e. The summed E-state index contributed by atoms with van der Waals surface area (Å²) in [4.78, 5) is 24.9. The third-order valence-electron chi connectivity index (χ3n) is 7.26. The quantitative estimate of drug-likeness (QED) is 0.254. The highest BCUT2D eigenvalue weighted by Gasteiger charge is 2.23. The summed E-state index contributed by atoms with van der Waals surface area (Å²) in [7, 11) is 0. The number of aromatic amines is 2. The van der Waals surface area contributed by atoms with Gasteiger partial charge in [-0.3, -0.25) is 19.9 Å². The Balaban J connectivity index is 1.25. The minimum absolute atomic E-state index is 0.0899. The lowest BCUT2D eigenvalue weighted by Crippen LogP contribution is -2.20. The van der Waals surface area contributed by atoms with E-state index in [0.717, 1.165) is 86.8 Å². The number of fused-ring (bicyclic) bond motifs is 2. The smallest absolute Gasteiger partial charge is 0.227 e. The molecule has 182 valence electrons. The van der Waals surface area contributed by atoms with Crippen LogP contribution in [-0.2, 0) is 4.79 Å². The number of furan rings is 1. The third kappa shape index (κ3) is 3.87. The first-order chi connectivity index (χ1) is 18.2. The summed E-state index contributed by atoms with van der Waals surface area (Å²) >= 11 is 0. The van der Waals surface area contributed by atoms with E-state index < -0.39 is 0 Å². The van der Waals surface area contributed by atoms with Gasteiger partial charge in [-0.25, -0.2) is 0 Å². The molecule has 0 bridgehead atoms.